The van der Waals surface area contributed by atoms with Crippen LogP contribution in [0.5, 0.6) is 11.5 Å². The zero-order valence-electron chi connectivity index (χ0n) is 17.1. The lowest BCUT2D eigenvalue weighted by Gasteiger charge is -2.27. The van der Waals surface area contributed by atoms with Crippen molar-refractivity contribution in [2.24, 2.45) is 0 Å². The van der Waals surface area contributed by atoms with Crippen molar-refractivity contribution in [1.82, 2.24) is 9.88 Å². The second kappa shape index (κ2) is 9.74. The average Bonchev–Trinajstić information content (AvgIpc) is 3.47. The van der Waals surface area contributed by atoms with Gasteiger partial charge in [-0.25, -0.2) is 4.98 Å². The highest BCUT2D eigenvalue weighted by molar-refractivity contribution is 7.23. The third-order valence-corrected chi connectivity index (χ3v) is 7.02. The summed E-state index contributed by atoms with van der Waals surface area (Å²) in [4.78, 5) is 22.9. The highest BCUT2D eigenvalue weighted by Crippen LogP contribution is 2.40. The Morgan fingerprint density at radius 3 is 2.67 bits per heavy atom. The molecule has 0 bridgehead atoms. The Kier molecular flexibility index (Phi) is 6.83. The second-order valence-electron chi connectivity index (χ2n) is 6.89. The highest BCUT2D eigenvalue weighted by atomic mass is 32.1. The van der Waals surface area contributed by atoms with Gasteiger partial charge in [0.25, 0.3) is 5.91 Å². The number of morpholine rings is 1. The lowest BCUT2D eigenvalue weighted by Crippen LogP contribution is -2.39. The van der Waals surface area contributed by atoms with Crippen LogP contribution in [-0.4, -0.2) is 69.4 Å². The van der Waals surface area contributed by atoms with E-state index in [9.17, 15) is 4.79 Å². The van der Waals surface area contributed by atoms with Crippen LogP contribution in [0.4, 0.5) is 5.13 Å². The first-order chi connectivity index (χ1) is 14.7. The molecule has 30 heavy (non-hydrogen) atoms. The molecule has 0 N–H and O–H groups in total. The van der Waals surface area contributed by atoms with E-state index in [1.54, 1.807) is 19.1 Å². The number of carbonyl (C=O) groups is 1. The summed E-state index contributed by atoms with van der Waals surface area (Å²) >= 11 is 2.90. The quantitative estimate of drug-likeness (QED) is 0.524. The van der Waals surface area contributed by atoms with Gasteiger partial charge in [0.1, 0.15) is 21.7 Å². The molecule has 0 unspecified atom stereocenters. The van der Waals surface area contributed by atoms with Gasteiger partial charge in [0.15, 0.2) is 5.13 Å². The number of aromatic nitrogens is 1. The summed E-state index contributed by atoms with van der Waals surface area (Å²) in [6.07, 6.45) is 0.862. The lowest BCUT2D eigenvalue weighted by atomic mass is 10.3. The summed E-state index contributed by atoms with van der Waals surface area (Å²) in [5.41, 5.74) is 0.717. The first-order valence-corrected chi connectivity index (χ1v) is 11.6. The maximum absolute atomic E-state index is 13.3. The minimum absolute atomic E-state index is 0.0241. The van der Waals surface area contributed by atoms with Gasteiger partial charge in [-0.3, -0.25) is 14.6 Å². The Hall–Kier alpha value is -2.20. The van der Waals surface area contributed by atoms with Gasteiger partial charge in [0, 0.05) is 26.2 Å². The molecule has 1 fully saturated rings. The van der Waals surface area contributed by atoms with Crippen LogP contribution in [0.15, 0.2) is 29.6 Å². The summed E-state index contributed by atoms with van der Waals surface area (Å²) in [5, 5.41) is 2.58. The van der Waals surface area contributed by atoms with Crippen molar-refractivity contribution < 1.29 is 19.0 Å². The number of nitrogens with zero attached hydrogens (tertiary/aromatic N) is 3. The predicted molar refractivity (Wildman–Crippen MR) is 121 cm³/mol. The molecule has 7 nitrogen and oxygen atoms in total. The number of thiophene rings is 1. The van der Waals surface area contributed by atoms with Crippen molar-refractivity contribution in [1.29, 1.82) is 0 Å². The van der Waals surface area contributed by atoms with Gasteiger partial charge in [0.05, 0.1) is 32.3 Å². The lowest BCUT2D eigenvalue weighted by molar-refractivity contribution is 0.0376. The monoisotopic (exact) mass is 447 g/mol. The fraction of sp³-hybridized carbons (Fsp3) is 0.429. The van der Waals surface area contributed by atoms with Crippen LogP contribution in [0.2, 0.25) is 0 Å². The Balaban J connectivity index is 1.62. The topological polar surface area (TPSA) is 64.1 Å². The van der Waals surface area contributed by atoms with E-state index in [-0.39, 0.29) is 5.91 Å². The molecule has 2 aromatic heterocycles. The third-order valence-electron chi connectivity index (χ3n) is 5.07. The highest BCUT2D eigenvalue weighted by Gasteiger charge is 2.24. The van der Waals surface area contributed by atoms with Gasteiger partial charge < -0.3 is 14.2 Å². The summed E-state index contributed by atoms with van der Waals surface area (Å²) in [5.74, 6) is 1.38. The Bertz CT molecular complexity index is 943. The van der Waals surface area contributed by atoms with Crippen molar-refractivity contribution in [3.05, 3.63) is 34.5 Å². The Morgan fingerprint density at radius 1 is 1.20 bits per heavy atom. The van der Waals surface area contributed by atoms with Gasteiger partial charge in [-0.15, -0.1) is 11.3 Å². The van der Waals surface area contributed by atoms with Gasteiger partial charge in [0.2, 0.25) is 0 Å². The van der Waals surface area contributed by atoms with Crippen LogP contribution in [0.3, 0.4) is 0 Å². The average molecular weight is 448 g/mol. The zero-order valence-corrected chi connectivity index (χ0v) is 18.8. The number of thiazole rings is 1. The third kappa shape index (κ3) is 4.44. The van der Waals surface area contributed by atoms with E-state index in [1.165, 1.54) is 22.7 Å². The van der Waals surface area contributed by atoms with E-state index in [2.05, 4.69) is 4.90 Å². The van der Waals surface area contributed by atoms with E-state index >= 15 is 0 Å². The number of carbonyl (C=O) groups excluding carboxylic acids is 1. The van der Waals surface area contributed by atoms with Crippen molar-refractivity contribution in [2.75, 3.05) is 58.5 Å². The second-order valence-corrected chi connectivity index (χ2v) is 8.81. The number of amides is 1. The zero-order chi connectivity index (χ0) is 20.9. The molecule has 160 valence electrons. The van der Waals surface area contributed by atoms with E-state index in [4.69, 9.17) is 19.2 Å². The SMILES string of the molecule is COc1ccc(OC)c2sc(N(CCCN3CCOCC3)C(=O)c3cccs3)nc12. The van der Waals surface area contributed by atoms with Crippen LogP contribution < -0.4 is 14.4 Å². The minimum atomic E-state index is -0.0241. The Labute approximate surface area is 183 Å². The van der Waals surface area contributed by atoms with E-state index in [0.29, 0.717) is 27.8 Å². The number of anilines is 1. The molecule has 1 aliphatic heterocycles. The first kappa shape index (κ1) is 21.0. The number of hydrogen-bond acceptors (Lipinski definition) is 8. The van der Waals surface area contributed by atoms with Crippen LogP contribution in [0.25, 0.3) is 10.2 Å². The molecule has 0 saturated carbocycles. The molecule has 0 radical (unpaired) electrons. The molecule has 4 rings (SSSR count). The maximum Gasteiger partial charge on any atom is 0.270 e. The van der Waals surface area contributed by atoms with Crippen LogP contribution in [0.1, 0.15) is 16.1 Å². The van der Waals surface area contributed by atoms with Crippen molar-refractivity contribution in [3.8, 4) is 11.5 Å². The fourth-order valence-corrected chi connectivity index (χ4v) is 5.25. The summed E-state index contributed by atoms with van der Waals surface area (Å²) in [6, 6.07) is 7.46. The van der Waals surface area contributed by atoms with E-state index in [1.807, 2.05) is 29.6 Å². The molecule has 1 saturated heterocycles. The van der Waals surface area contributed by atoms with E-state index < -0.39 is 0 Å². The maximum atomic E-state index is 13.3. The minimum Gasteiger partial charge on any atom is -0.495 e. The smallest absolute Gasteiger partial charge is 0.270 e. The van der Waals surface area contributed by atoms with Crippen LogP contribution in [-0.2, 0) is 4.74 Å². The molecule has 3 aromatic rings. The molecule has 3 heterocycles. The van der Waals surface area contributed by atoms with Crippen molar-refractivity contribution in [3.63, 3.8) is 0 Å². The number of ether oxygens (including phenoxy) is 3. The van der Waals surface area contributed by atoms with Gasteiger partial charge >= 0.3 is 0 Å². The van der Waals surface area contributed by atoms with Crippen LogP contribution in [0, 0.1) is 0 Å². The predicted octanol–water partition coefficient (Wildman–Crippen LogP) is 3.74. The summed E-state index contributed by atoms with van der Waals surface area (Å²) < 4.78 is 17.3. The summed E-state index contributed by atoms with van der Waals surface area (Å²) in [7, 11) is 3.26. The molecule has 9 heteroatoms. The standard InChI is InChI=1S/C21H25N3O4S2/c1-26-15-6-7-16(27-2)19-18(15)22-21(30-19)24(20(25)17-5-3-14-29-17)9-4-8-23-10-12-28-13-11-23/h3,5-7,14H,4,8-13H2,1-2H3. The van der Waals surface area contributed by atoms with Crippen LogP contribution >= 0.6 is 22.7 Å². The molecule has 0 aliphatic carbocycles. The Morgan fingerprint density at radius 2 is 1.97 bits per heavy atom. The molecule has 1 aromatic carbocycles. The fourth-order valence-electron chi connectivity index (χ4n) is 3.48. The molecular formula is C21H25N3O4S2. The van der Waals surface area contributed by atoms with Gasteiger partial charge in [-0.2, -0.15) is 0 Å². The molecular weight excluding hydrogens is 422 g/mol. The molecule has 1 aliphatic rings. The van der Waals surface area contributed by atoms with Crippen molar-refractivity contribution in [2.45, 2.75) is 6.42 Å². The summed E-state index contributed by atoms with van der Waals surface area (Å²) in [6.45, 7) is 4.95. The number of fused-ring (bicyclic) bond motifs is 1. The molecule has 0 atom stereocenters. The van der Waals surface area contributed by atoms with Gasteiger partial charge in [-0.1, -0.05) is 17.4 Å². The number of benzene rings is 1. The number of hydrogen-bond donors (Lipinski definition) is 0. The van der Waals surface area contributed by atoms with Crippen molar-refractivity contribution >= 4 is 43.9 Å². The number of methoxy groups -OCH3 is 2. The largest absolute Gasteiger partial charge is 0.495 e. The van der Waals surface area contributed by atoms with E-state index in [0.717, 1.165) is 49.7 Å². The molecule has 0 spiro atoms. The number of rotatable bonds is 8. The normalized spacial score (nSPS) is 14.7. The van der Waals surface area contributed by atoms with Gasteiger partial charge in [-0.05, 0) is 30.0 Å². The first-order valence-electron chi connectivity index (χ1n) is 9.88. The molecule has 1 amide bonds.